The molecule has 0 bridgehead atoms. The predicted molar refractivity (Wildman–Crippen MR) is 94.6 cm³/mol. The number of amides is 1. The molecule has 3 N–H and O–H groups in total. The van der Waals surface area contributed by atoms with E-state index < -0.39 is 0 Å². The number of benzene rings is 1. The van der Waals surface area contributed by atoms with Crippen LogP contribution in [0.2, 0.25) is 0 Å². The number of hydrogen-bond donors (Lipinski definition) is 2. The predicted octanol–water partition coefficient (Wildman–Crippen LogP) is 2.82. The first-order chi connectivity index (χ1) is 8.90. The van der Waals surface area contributed by atoms with Crippen molar-refractivity contribution in [2.75, 3.05) is 26.4 Å². The zero-order chi connectivity index (χ0) is 14.4. The average Bonchev–Trinajstić information content (AvgIpc) is 2.33. The molecule has 0 spiro atoms. The number of hydrogen-bond acceptors (Lipinski definition) is 3. The molecule has 1 aromatic rings. The second kappa shape index (κ2) is 10.7. The minimum Gasteiger partial charge on any atom is -0.399 e. The first kappa shape index (κ1) is 22.3. The molecule has 0 saturated carbocycles. The monoisotopic (exact) mass is 335 g/mol. The van der Waals surface area contributed by atoms with E-state index in [9.17, 15) is 4.79 Å². The minimum atomic E-state index is -0.0668. The number of anilines is 1. The molecule has 21 heavy (non-hydrogen) atoms. The quantitative estimate of drug-likeness (QED) is 0.786. The Morgan fingerprint density at radius 1 is 1.29 bits per heavy atom. The number of nitrogen functional groups attached to an aromatic ring is 1. The zero-order valence-corrected chi connectivity index (χ0v) is 14.8. The smallest absolute Gasteiger partial charge is 0.251 e. The van der Waals surface area contributed by atoms with Crippen molar-refractivity contribution in [3.63, 3.8) is 0 Å². The van der Waals surface area contributed by atoms with Gasteiger partial charge in [0.25, 0.3) is 5.91 Å². The van der Waals surface area contributed by atoms with Gasteiger partial charge in [0.1, 0.15) is 0 Å². The van der Waals surface area contributed by atoms with Crippen molar-refractivity contribution >= 4 is 36.4 Å². The van der Waals surface area contributed by atoms with Crippen molar-refractivity contribution in [2.24, 2.45) is 5.92 Å². The van der Waals surface area contributed by atoms with E-state index in [0.717, 1.165) is 6.42 Å². The molecule has 1 aromatic carbocycles. The first-order valence-electron chi connectivity index (χ1n) is 6.70. The van der Waals surface area contributed by atoms with E-state index in [1.165, 1.54) is 0 Å². The molecular formula is C15H27Cl2N3O. The van der Waals surface area contributed by atoms with E-state index >= 15 is 0 Å². The minimum absolute atomic E-state index is 0. The molecule has 0 heterocycles. The summed E-state index contributed by atoms with van der Waals surface area (Å²) in [6.45, 7) is 5.03. The van der Waals surface area contributed by atoms with E-state index in [0.29, 0.717) is 29.8 Å². The van der Waals surface area contributed by atoms with Gasteiger partial charge in [0.05, 0.1) is 0 Å². The van der Waals surface area contributed by atoms with Crippen LogP contribution in [-0.4, -0.2) is 37.5 Å². The van der Waals surface area contributed by atoms with Crippen LogP contribution in [0, 0.1) is 5.92 Å². The second-order valence-electron chi connectivity index (χ2n) is 5.58. The average molecular weight is 336 g/mol. The van der Waals surface area contributed by atoms with Crippen LogP contribution in [0.4, 0.5) is 5.69 Å². The fourth-order valence-corrected chi connectivity index (χ4v) is 2.01. The summed E-state index contributed by atoms with van der Waals surface area (Å²) in [6.07, 6.45) is 1.06. The molecule has 0 radical (unpaired) electrons. The number of rotatable bonds is 6. The third-order valence-electron chi connectivity index (χ3n) is 3.12. The van der Waals surface area contributed by atoms with Gasteiger partial charge in [0.15, 0.2) is 0 Å². The molecule has 1 unspecified atom stereocenters. The summed E-state index contributed by atoms with van der Waals surface area (Å²) in [5.74, 6) is 0.541. The number of nitrogens with one attached hydrogen (secondary N) is 1. The van der Waals surface area contributed by atoms with Crippen LogP contribution in [0.5, 0.6) is 0 Å². The van der Waals surface area contributed by atoms with Crippen molar-refractivity contribution in [1.29, 1.82) is 0 Å². The van der Waals surface area contributed by atoms with Crippen LogP contribution in [0.25, 0.3) is 0 Å². The van der Waals surface area contributed by atoms with Gasteiger partial charge in [0.2, 0.25) is 0 Å². The second-order valence-corrected chi connectivity index (χ2v) is 5.58. The Morgan fingerprint density at radius 3 is 2.38 bits per heavy atom. The van der Waals surface area contributed by atoms with Crippen molar-refractivity contribution in [2.45, 2.75) is 26.3 Å². The highest BCUT2D eigenvalue weighted by Crippen LogP contribution is 2.09. The van der Waals surface area contributed by atoms with Gasteiger partial charge in [-0.2, -0.15) is 0 Å². The van der Waals surface area contributed by atoms with Crippen LogP contribution in [0.3, 0.4) is 0 Å². The van der Waals surface area contributed by atoms with E-state index in [1.54, 1.807) is 24.3 Å². The molecule has 6 heteroatoms. The lowest BCUT2D eigenvalue weighted by molar-refractivity contribution is 0.0938. The lowest BCUT2D eigenvalue weighted by Gasteiger charge is -2.26. The molecule has 1 atom stereocenters. The third-order valence-corrected chi connectivity index (χ3v) is 3.12. The number of nitrogens with two attached hydrogens (primary N) is 1. The van der Waals surface area contributed by atoms with Gasteiger partial charge < -0.3 is 16.0 Å². The standard InChI is InChI=1S/C15H25N3O.2ClH/c1-11(2)8-14(18(3)4)10-17-15(19)12-6-5-7-13(16)9-12;;/h5-7,9,11,14H,8,10,16H2,1-4H3,(H,17,19);2*1H. The Bertz CT molecular complexity index is 425. The summed E-state index contributed by atoms with van der Waals surface area (Å²) in [5, 5.41) is 2.98. The number of nitrogens with zero attached hydrogens (tertiary/aromatic N) is 1. The number of likely N-dealkylation sites (N-methyl/N-ethyl adjacent to an activating group) is 1. The Balaban J connectivity index is 0. The lowest BCUT2D eigenvalue weighted by atomic mass is 10.0. The van der Waals surface area contributed by atoms with Gasteiger partial charge in [0, 0.05) is 23.8 Å². The van der Waals surface area contributed by atoms with Gasteiger partial charge in [-0.25, -0.2) is 0 Å². The van der Waals surface area contributed by atoms with Gasteiger partial charge in [-0.1, -0.05) is 19.9 Å². The third kappa shape index (κ3) is 8.15. The summed E-state index contributed by atoms with van der Waals surface area (Å²) >= 11 is 0. The SMILES string of the molecule is CC(C)CC(CNC(=O)c1cccc(N)c1)N(C)C.Cl.Cl. The van der Waals surface area contributed by atoms with Crippen LogP contribution in [0.1, 0.15) is 30.6 Å². The molecule has 0 fully saturated rings. The molecule has 0 aliphatic rings. The molecule has 4 nitrogen and oxygen atoms in total. The van der Waals surface area contributed by atoms with Crippen LogP contribution < -0.4 is 11.1 Å². The largest absolute Gasteiger partial charge is 0.399 e. The van der Waals surface area contributed by atoms with E-state index in [2.05, 4.69) is 24.1 Å². The number of carbonyl (C=O) groups is 1. The van der Waals surface area contributed by atoms with Crippen molar-refractivity contribution in [3.05, 3.63) is 29.8 Å². The van der Waals surface area contributed by atoms with Gasteiger partial charge in [-0.05, 0) is 44.6 Å². The van der Waals surface area contributed by atoms with E-state index in [-0.39, 0.29) is 30.7 Å². The fourth-order valence-electron chi connectivity index (χ4n) is 2.01. The normalized spacial score (nSPS) is 11.5. The number of carbonyl (C=O) groups excluding carboxylic acids is 1. The van der Waals surface area contributed by atoms with Crippen molar-refractivity contribution in [1.82, 2.24) is 10.2 Å². The number of halogens is 2. The highest BCUT2D eigenvalue weighted by atomic mass is 35.5. The van der Waals surface area contributed by atoms with Gasteiger partial charge in [-0.15, -0.1) is 24.8 Å². The molecular weight excluding hydrogens is 309 g/mol. The van der Waals surface area contributed by atoms with Crippen LogP contribution >= 0.6 is 24.8 Å². The Kier molecular flexibility index (Phi) is 11.4. The highest BCUT2D eigenvalue weighted by Gasteiger charge is 2.15. The van der Waals surface area contributed by atoms with Crippen molar-refractivity contribution < 1.29 is 4.79 Å². The molecule has 122 valence electrons. The Hall–Kier alpha value is -0.970. The zero-order valence-electron chi connectivity index (χ0n) is 13.1. The lowest BCUT2D eigenvalue weighted by Crippen LogP contribution is -2.41. The summed E-state index contributed by atoms with van der Waals surface area (Å²) in [7, 11) is 4.08. The summed E-state index contributed by atoms with van der Waals surface area (Å²) < 4.78 is 0. The van der Waals surface area contributed by atoms with E-state index in [4.69, 9.17) is 5.73 Å². The van der Waals surface area contributed by atoms with E-state index in [1.807, 2.05) is 14.1 Å². The van der Waals surface area contributed by atoms with Crippen molar-refractivity contribution in [3.8, 4) is 0 Å². The first-order valence-corrected chi connectivity index (χ1v) is 6.70. The molecule has 1 rings (SSSR count). The Morgan fingerprint density at radius 2 is 1.90 bits per heavy atom. The van der Waals surface area contributed by atoms with Crippen LogP contribution in [0.15, 0.2) is 24.3 Å². The highest BCUT2D eigenvalue weighted by molar-refractivity contribution is 5.94. The molecule has 0 saturated heterocycles. The maximum atomic E-state index is 12.0. The summed E-state index contributed by atoms with van der Waals surface area (Å²) in [5.41, 5.74) is 6.90. The molecule has 0 aromatic heterocycles. The maximum absolute atomic E-state index is 12.0. The van der Waals surface area contributed by atoms with Gasteiger partial charge >= 0.3 is 0 Å². The molecule has 0 aliphatic carbocycles. The topological polar surface area (TPSA) is 58.4 Å². The Labute approximate surface area is 140 Å². The van der Waals surface area contributed by atoms with Gasteiger partial charge in [-0.3, -0.25) is 4.79 Å². The fraction of sp³-hybridized carbons (Fsp3) is 0.533. The molecule has 1 amide bonds. The molecule has 0 aliphatic heterocycles. The van der Waals surface area contributed by atoms with Crippen LogP contribution in [-0.2, 0) is 0 Å². The maximum Gasteiger partial charge on any atom is 0.251 e. The summed E-state index contributed by atoms with van der Waals surface area (Å²) in [4.78, 5) is 14.2. The summed E-state index contributed by atoms with van der Waals surface area (Å²) in [6, 6.07) is 7.39.